The fourth-order valence-electron chi connectivity index (χ4n) is 3.49. The number of ether oxygens (including phenoxy) is 1. The lowest BCUT2D eigenvalue weighted by atomic mass is 10.1. The Balaban J connectivity index is 1.78. The average Bonchev–Trinajstić information content (AvgIpc) is 2.81. The number of esters is 1. The number of benzene rings is 1. The van der Waals surface area contributed by atoms with Gasteiger partial charge in [-0.15, -0.1) is 0 Å². The molecule has 25 heavy (non-hydrogen) atoms. The first-order valence-electron chi connectivity index (χ1n) is 8.63. The Labute approximate surface area is 146 Å². The summed E-state index contributed by atoms with van der Waals surface area (Å²) in [5.74, 6) is -0.927. The number of nitrogens with zero attached hydrogens (tertiary/aromatic N) is 2. The van der Waals surface area contributed by atoms with E-state index < -0.39 is 18.1 Å². The lowest BCUT2D eigenvalue weighted by Gasteiger charge is -2.42. The van der Waals surface area contributed by atoms with Crippen LogP contribution in [0.5, 0.6) is 0 Å². The zero-order valence-corrected chi connectivity index (χ0v) is 14.3. The third kappa shape index (κ3) is 3.66. The third-order valence-corrected chi connectivity index (χ3v) is 4.74. The summed E-state index contributed by atoms with van der Waals surface area (Å²) in [4.78, 5) is 37.6. The Morgan fingerprint density at radius 2 is 1.80 bits per heavy atom. The molecule has 0 radical (unpaired) electrons. The van der Waals surface area contributed by atoms with E-state index in [2.05, 4.69) is 5.32 Å². The van der Waals surface area contributed by atoms with Crippen LogP contribution in [0.25, 0.3) is 0 Å². The summed E-state index contributed by atoms with van der Waals surface area (Å²) >= 11 is 0. The highest BCUT2D eigenvalue weighted by Crippen LogP contribution is 2.24. The second-order valence-electron chi connectivity index (χ2n) is 6.35. The van der Waals surface area contributed by atoms with Crippen LogP contribution < -0.4 is 5.32 Å². The van der Waals surface area contributed by atoms with Crippen LogP contribution in [0.3, 0.4) is 0 Å². The van der Waals surface area contributed by atoms with Crippen molar-refractivity contribution < 1.29 is 19.1 Å². The number of nitrogens with one attached hydrogen (secondary N) is 1. The van der Waals surface area contributed by atoms with Gasteiger partial charge in [-0.25, -0.2) is 9.80 Å². The third-order valence-electron chi connectivity index (χ3n) is 4.74. The van der Waals surface area contributed by atoms with Gasteiger partial charge in [0.25, 0.3) is 11.8 Å². The summed E-state index contributed by atoms with van der Waals surface area (Å²) in [5.41, 5.74) is 0.513. The van der Waals surface area contributed by atoms with Crippen LogP contribution in [-0.4, -0.2) is 60.1 Å². The smallest absolute Gasteiger partial charge is 0.330 e. The van der Waals surface area contributed by atoms with Crippen LogP contribution in [0.15, 0.2) is 30.3 Å². The van der Waals surface area contributed by atoms with Crippen molar-refractivity contribution in [3.63, 3.8) is 0 Å². The molecule has 2 aliphatic rings. The summed E-state index contributed by atoms with van der Waals surface area (Å²) in [6.45, 7) is 1.43. The van der Waals surface area contributed by atoms with Gasteiger partial charge in [0.05, 0.1) is 7.11 Å². The Bertz CT molecular complexity index is 649. The van der Waals surface area contributed by atoms with Crippen LogP contribution in [0.1, 0.15) is 36.0 Å². The van der Waals surface area contributed by atoms with Crippen molar-refractivity contribution in [1.29, 1.82) is 0 Å². The summed E-state index contributed by atoms with van der Waals surface area (Å²) in [5, 5.41) is 6.26. The van der Waals surface area contributed by atoms with E-state index in [1.54, 1.807) is 24.3 Å². The van der Waals surface area contributed by atoms with Gasteiger partial charge in [0.1, 0.15) is 12.1 Å². The Morgan fingerprint density at radius 1 is 1.12 bits per heavy atom. The zero-order chi connectivity index (χ0) is 17.8. The van der Waals surface area contributed by atoms with Crippen molar-refractivity contribution in [1.82, 2.24) is 15.3 Å². The fourth-order valence-corrected chi connectivity index (χ4v) is 3.49. The SMILES string of the molecule is COC(=O)[C@@H]1CCCN2CCC[C@H](NC(=O)c3ccccc3)C(=O)N12. The van der Waals surface area contributed by atoms with Crippen molar-refractivity contribution in [3.05, 3.63) is 35.9 Å². The molecule has 2 saturated heterocycles. The first-order chi connectivity index (χ1) is 12.1. The number of fused-ring (bicyclic) bond motifs is 1. The van der Waals surface area contributed by atoms with Gasteiger partial charge < -0.3 is 10.1 Å². The standard InChI is InChI=1S/C18H23N3O4/c1-25-18(24)15-10-6-12-20-11-5-9-14(17(23)21(15)20)19-16(22)13-7-3-2-4-8-13/h2-4,7-8,14-15H,5-6,9-12H2,1H3,(H,19,22)/t14-,15-/m0/s1. The van der Waals surface area contributed by atoms with E-state index >= 15 is 0 Å². The lowest BCUT2D eigenvalue weighted by Crippen LogP contribution is -2.61. The van der Waals surface area contributed by atoms with Crippen molar-refractivity contribution in [2.75, 3.05) is 20.2 Å². The molecule has 2 amide bonds. The van der Waals surface area contributed by atoms with Gasteiger partial charge in [-0.2, -0.15) is 0 Å². The minimum absolute atomic E-state index is 0.239. The molecule has 1 aromatic rings. The molecule has 2 fully saturated rings. The van der Waals surface area contributed by atoms with E-state index in [0.29, 0.717) is 24.9 Å². The summed E-state index contributed by atoms with van der Waals surface area (Å²) < 4.78 is 4.87. The molecule has 0 saturated carbocycles. The number of hydrogen-bond donors (Lipinski definition) is 1. The van der Waals surface area contributed by atoms with Crippen molar-refractivity contribution in [2.45, 2.75) is 37.8 Å². The summed E-state index contributed by atoms with van der Waals surface area (Å²) in [7, 11) is 1.33. The Hall–Kier alpha value is -2.41. The molecule has 0 unspecified atom stereocenters. The van der Waals surface area contributed by atoms with E-state index in [-0.39, 0.29) is 11.8 Å². The number of amides is 2. The molecule has 0 aliphatic carbocycles. The molecule has 2 atom stereocenters. The number of hydrogen-bond acceptors (Lipinski definition) is 5. The van der Waals surface area contributed by atoms with Gasteiger partial charge in [0.15, 0.2) is 0 Å². The lowest BCUT2D eigenvalue weighted by molar-refractivity contribution is -0.175. The molecule has 7 heteroatoms. The molecule has 0 bridgehead atoms. The fraction of sp³-hybridized carbons (Fsp3) is 0.500. The summed E-state index contributed by atoms with van der Waals surface area (Å²) in [6, 6.07) is 7.57. The van der Waals surface area contributed by atoms with E-state index in [4.69, 9.17) is 4.74 Å². The number of hydrazine groups is 1. The highest BCUT2D eigenvalue weighted by Gasteiger charge is 2.42. The predicted molar refractivity (Wildman–Crippen MR) is 90.4 cm³/mol. The molecular weight excluding hydrogens is 322 g/mol. The number of rotatable bonds is 3. The van der Waals surface area contributed by atoms with Gasteiger partial charge >= 0.3 is 5.97 Å². The van der Waals surface area contributed by atoms with Crippen LogP contribution in [0, 0.1) is 0 Å². The van der Waals surface area contributed by atoms with Crippen molar-refractivity contribution in [3.8, 4) is 0 Å². The monoisotopic (exact) mass is 345 g/mol. The van der Waals surface area contributed by atoms with Crippen molar-refractivity contribution >= 4 is 17.8 Å². The van der Waals surface area contributed by atoms with Gasteiger partial charge in [-0.3, -0.25) is 14.6 Å². The highest BCUT2D eigenvalue weighted by atomic mass is 16.5. The molecular formula is C18H23N3O4. The second-order valence-corrected chi connectivity index (χ2v) is 6.35. The van der Waals surface area contributed by atoms with Crippen molar-refractivity contribution in [2.24, 2.45) is 0 Å². The largest absolute Gasteiger partial charge is 0.467 e. The highest BCUT2D eigenvalue weighted by molar-refractivity contribution is 5.98. The quantitative estimate of drug-likeness (QED) is 0.826. The molecule has 3 rings (SSSR count). The van der Waals surface area contributed by atoms with Gasteiger partial charge in [-0.1, -0.05) is 18.2 Å². The van der Waals surface area contributed by atoms with Crippen LogP contribution >= 0.6 is 0 Å². The average molecular weight is 345 g/mol. The Kier molecular flexibility index (Phi) is 5.33. The maximum atomic E-state index is 13.0. The Morgan fingerprint density at radius 3 is 2.48 bits per heavy atom. The molecule has 134 valence electrons. The predicted octanol–water partition coefficient (Wildman–Crippen LogP) is 0.960. The van der Waals surface area contributed by atoms with Gasteiger partial charge in [0, 0.05) is 18.7 Å². The topological polar surface area (TPSA) is 79.0 Å². The van der Waals surface area contributed by atoms with E-state index in [0.717, 1.165) is 19.4 Å². The number of carbonyl (C=O) groups excluding carboxylic acids is 3. The maximum Gasteiger partial charge on any atom is 0.330 e. The molecule has 0 spiro atoms. The molecule has 2 heterocycles. The van der Waals surface area contributed by atoms with Crippen LogP contribution in [-0.2, 0) is 14.3 Å². The first kappa shape index (κ1) is 17.4. The van der Waals surface area contributed by atoms with Crippen LogP contribution in [0.2, 0.25) is 0 Å². The maximum absolute atomic E-state index is 13.0. The van der Waals surface area contributed by atoms with Gasteiger partial charge in [0.2, 0.25) is 0 Å². The first-order valence-corrected chi connectivity index (χ1v) is 8.63. The second kappa shape index (κ2) is 7.65. The number of methoxy groups -OCH3 is 1. The molecule has 7 nitrogen and oxygen atoms in total. The normalized spacial score (nSPS) is 24.2. The molecule has 1 aromatic carbocycles. The molecule has 1 N–H and O–H groups in total. The van der Waals surface area contributed by atoms with E-state index in [9.17, 15) is 14.4 Å². The molecule has 2 aliphatic heterocycles. The molecule has 0 aromatic heterocycles. The zero-order valence-electron chi connectivity index (χ0n) is 14.3. The number of carbonyl (C=O) groups is 3. The minimum Gasteiger partial charge on any atom is -0.467 e. The van der Waals surface area contributed by atoms with E-state index in [1.165, 1.54) is 12.1 Å². The summed E-state index contributed by atoms with van der Waals surface area (Å²) in [6.07, 6.45) is 2.74. The van der Waals surface area contributed by atoms with Crippen LogP contribution in [0.4, 0.5) is 0 Å². The minimum atomic E-state index is -0.636. The van der Waals surface area contributed by atoms with E-state index in [1.807, 2.05) is 11.1 Å². The van der Waals surface area contributed by atoms with Gasteiger partial charge in [-0.05, 0) is 37.8 Å².